The topological polar surface area (TPSA) is 57.7 Å². The molecule has 0 bridgehead atoms. The monoisotopic (exact) mass is 409 g/mol. The number of hydrogen-bond donors (Lipinski definition) is 0. The minimum absolute atomic E-state index is 0.0796. The molecule has 0 N–H and O–H groups in total. The molecule has 0 fully saturated rings. The number of benzene rings is 2. The van der Waals surface area contributed by atoms with E-state index in [1.807, 2.05) is 36.4 Å². The van der Waals surface area contributed by atoms with Crippen molar-refractivity contribution < 1.29 is 23.4 Å². The molecule has 0 atom stereocenters. The number of pyridine rings is 1. The molecule has 0 aliphatic heterocycles. The highest BCUT2D eigenvalue weighted by molar-refractivity contribution is 5.69. The number of esters is 1. The van der Waals surface area contributed by atoms with E-state index in [-0.39, 0.29) is 18.4 Å². The van der Waals surface area contributed by atoms with Crippen LogP contribution in [0.3, 0.4) is 0 Å². The summed E-state index contributed by atoms with van der Waals surface area (Å²) < 4.78 is 30.4. The molecule has 5 nitrogen and oxygen atoms in total. The van der Waals surface area contributed by atoms with Crippen LogP contribution in [0.25, 0.3) is 11.1 Å². The number of carbonyl (C=O) groups is 1. The Labute approximate surface area is 175 Å². The van der Waals surface area contributed by atoms with E-state index in [0.29, 0.717) is 36.6 Å². The summed E-state index contributed by atoms with van der Waals surface area (Å²) in [6, 6.07) is 15.9. The minimum atomic E-state index is -0.339. The second-order valence-corrected chi connectivity index (χ2v) is 6.59. The Kier molecular flexibility index (Phi) is 7.38. The Hall–Kier alpha value is -3.41. The number of methoxy groups -OCH3 is 1. The van der Waals surface area contributed by atoms with Gasteiger partial charge in [-0.25, -0.2) is 9.37 Å². The number of rotatable bonds is 9. The van der Waals surface area contributed by atoms with Crippen LogP contribution < -0.4 is 9.47 Å². The van der Waals surface area contributed by atoms with E-state index in [4.69, 9.17) is 14.2 Å². The summed E-state index contributed by atoms with van der Waals surface area (Å²) in [6.45, 7) is 2.25. The predicted octanol–water partition coefficient (Wildman–Crippen LogP) is 4.97. The summed E-state index contributed by atoms with van der Waals surface area (Å²) in [6.07, 6.45) is 2.58. The maximum Gasteiger partial charge on any atom is 0.306 e. The maximum absolute atomic E-state index is 14.5. The molecule has 1 heterocycles. The molecular weight excluding hydrogens is 385 g/mol. The van der Waals surface area contributed by atoms with Gasteiger partial charge in [-0.1, -0.05) is 24.3 Å². The summed E-state index contributed by atoms with van der Waals surface area (Å²) in [5.74, 6) is 0.570. The molecule has 0 spiro atoms. The van der Waals surface area contributed by atoms with Gasteiger partial charge in [-0.2, -0.15) is 0 Å². The number of nitrogens with zero attached hydrogens (tertiary/aromatic N) is 1. The zero-order valence-electron chi connectivity index (χ0n) is 17.1. The van der Waals surface area contributed by atoms with Crippen LogP contribution in [0.1, 0.15) is 24.5 Å². The first-order valence-corrected chi connectivity index (χ1v) is 9.76. The molecule has 1 aromatic heterocycles. The van der Waals surface area contributed by atoms with Crippen LogP contribution in [0.5, 0.6) is 11.6 Å². The molecule has 0 saturated heterocycles. The van der Waals surface area contributed by atoms with Crippen molar-refractivity contribution in [2.24, 2.45) is 0 Å². The fraction of sp³-hybridized carbons (Fsp3) is 0.250. The minimum Gasteiger partial charge on any atom is -0.489 e. The van der Waals surface area contributed by atoms with Gasteiger partial charge in [0.25, 0.3) is 0 Å². The molecule has 6 heteroatoms. The first-order chi connectivity index (χ1) is 14.6. The van der Waals surface area contributed by atoms with E-state index >= 15 is 0 Å². The number of aryl methyl sites for hydroxylation is 1. The third-order valence-corrected chi connectivity index (χ3v) is 4.60. The Morgan fingerprint density at radius 2 is 1.87 bits per heavy atom. The normalized spacial score (nSPS) is 10.5. The van der Waals surface area contributed by atoms with Gasteiger partial charge in [0.1, 0.15) is 18.2 Å². The lowest BCUT2D eigenvalue weighted by Gasteiger charge is -2.13. The highest BCUT2D eigenvalue weighted by Crippen LogP contribution is 2.27. The van der Waals surface area contributed by atoms with E-state index in [9.17, 15) is 9.18 Å². The van der Waals surface area contributed by atoms with Crippen LogP contribution >= 0.6 is 0 Å². The summed E-state index contributed by atoms with van der Waals surface area (Å²) in [5, 5.41) is 0. The molecule has 0 unspecified atom stereocenters. The van der Waals surface area contributed by atoms with Gasteiger partial charge < -0.3 is 14.2 Å². The standard InChI is InChI=1S/C24H24FNO4/c1-3-29-24(27)14-9-17-7-11-19(12-8-17)30-16-21-20(5-4-6-22(21)25)18-10-13-23(28-2)26-15-18/h4-8,10-13,15H,3,9,14,16H2,1-2H3. The van der Waals surface area contributed by atoms with Gasteiger partial charge in [0.05, 0.1) is 13.7 Å². The van der Waals surface area contributed by atoms with E-state index < -0.39 is 0 Å². The van der Waals surface area contributed by atoms with Crippen molar-refractivity contribution in [3.8, 4) is 22.8 Å². The number of ether oxygens (including phenoxy) is 3. The molecule has 0 saturated carbocycles. The van der Waals surface area contributed by atoms with Crippen LogP contribution in [0.4, 0.5) is 4.39 Å². The Balaban J connectivity index is 1.67. The average Bonchev–Trinajstić information content (AvgIpc) is 2.78. The molecule has 0 aliphatic carbocycles. The lowest BCUT2D eigenvalue weighted by atomic mass is 10.0. The highest BCUT2D eigenvalue weighted by Gasteiger charge is 2.12. The molecule has 2 aromatic carbocycles. The van der Waals surface area contributed by atoms with Crippen molar-refractivity contribution in [2.45, 2.75) is 26.4 Å². The second kappa shape index (κ2) is 10.4. The van der Waals surface area contributed by atoms with Gasteiger partial charge in [-0.3, -0.25) is 4.79 Å². The van der Waals surface area contributed by atoms with E-state index in [2.05, 4.69) is 4.98 Å². The van der Waals surface area contributed by atoms with Gasteiger partial charge in [-0.15, -0.1) is 0 Å². The average molecular weight is 409 g/mol. The number of aromatic nitrogens is 1. The maximum atomic E-state index is 14.5. The second-order valence-electron chi connectivity index (χ2n) is 6.59. The molecule has 0 amide bonds. The smallest absolute Gasteiger partial charge is 0.306 e. The first-order valence-electron chi connectivity index (χ1n) is 9.76. The van der Waals surface area contributed by atoms with Crippen LogP contribution in [-0.2, 0) is 22.6 Å². The summed E-state index contributed by atoms with van der Waals surface area (Å²) in [4.78, 5) is 15.7. The molecule has 3 rings (SSSR count). The third-order valence-electron chi connectivity index (χ3n) is 4.60. The van der Waals surface area contributed by atoms with E-state index in [1.54, 1.807) is 32.4 Å². The van der Waals surface area contributed by atoms with Crippen molar-refractivity contribution in [3.63, 3.8) is 0 Å². The molecule has 0 aliphatic rings. The number of hydrogen-bond acceptors (Lipinski definition) is 5. The lowest BCUT2D eigenvalue weighted by molar-refractivity contribution is -0.143. The molecular formula is C24H24FNO4. The fourth-order valence-corrected chi connectivity index (χ4v) is 3.02. The van der Waals surface area contributed by atoms with E-state index in [0.717, 1.165) is 16.7 Å². The van der Waals surface area contributed by atoms with Crippen LogP contribution in [0.2, 0.25) is 0 Å². The Morgan fingerprint density at radius 1 is 1.07 bits per heavy atom. The van der Waals surface area contributed by atoms with Crippen LogP contribution in [-0.4, -0.2) is 24.7 Å². The van der Waals surface area contributed by atoms with Crippen molar-refractivity contribution >= 4 is 5.97 Å². The molecule has 30 heavy (non-hydrogen) atoms. The van der Waals surface area contributed by atoms with E-state index in [1.165, 1.54) is 6.07 Å². The van der Waals surface area contributed by atoms with Crippen molar-refractivity contribution in [3.05, 3.63) is 77.7 Å². The quantitative estimate of drug-likeness (QED) is 0.467. The van der Waals surface area contributed by atoms with Gasteiger partial charge in [0.2, 0.25) is 5.88 Å². The first kappa shape index (κ1) is 21.3. The van der Waals surface area contributed by atoms with Gasteiger partial charge in [-0.05, 0) is 48.7 Å². The SMILES string of the molecule is CCOC(=O)CCc1ccc(OCc2c(F)cccc2-c2ccc(OC)nc2)cc1. The molecule has 3 aromatic rings. The molecule has 0 radical (unpaired) electrons. The number of halogens is 1. The van der Waals surface area contributed by atoms with Crippen molar-refractivity contribution in [2.75, 3.05) is 13.7 Å². The van der Waals surface area contributed by atoms with Crippen molar-refractivity contribution in [1.29, 1.82) is 0 Å². The van der Waals surface area contributed by atoms with Crippen LogP contribution in [0.15, 0.2) is 60.8 Å². The number of carbonyl (C=O) groups excluding carboxylic acids is 1. The zero-order valence-corrected chi connectivity index (χ0v) is 17.1. The zero-order chi connectivity index (χ0) is 21.3. The Morgan fingerprint density at radius 3 is 2.53 bits per heavy atom. The highest BCUT2D eigenvalue weighted by atomic mass is 19.1. The summed E-state index contributed by atoms with van der Waals surface area (Å²) >= 11 is 0. The largest absolute Gasteiger partial charge is 0.489 e. The Bertz CT molecular complexity index is 972. The van der Waals surface area contributed by atoms with Gasteiger partial charge >= 0.3 is 5.97 Å². The molecule has 156 valence electrons. The van der Waals surface area contributed by atoms with Crippen molar-refractivity contribution in [1.82, 2.24) is 4.98 Å². The fourth-order valence-electron chi connectivity index (χ4n) is 3.02. The summed E-state index contributed by atoms with van der Waals surface area (Å²) in [7, 11) is 1.55. The summed E-state index contributed by atoms with van der Waals surface area (Å²) in [5.41, 5.74) is 2.96. The van der Waals surface area contributed by atoms with Gasteiger partial charge in [0.15, 0.2) is 0 Å². The third kappa shape index (κ3) is 5.56. The van der Waals surface area contributed by atoms with Gasteiger partial charge in [0, 0.05) is 29.8 Å². The predicted molar refractivity (Wildman–Crippen MR) is 112 cm³/mol. The van der Waals surface area contributed by atoms with Crippen LogP contribution in [0, 0.1) is 5.82 Å². The lowest BCUT2D eigenvalue weighted by Crippen LogP contribution is -2.05.